The third-order valence-electron chi connectivity index (χ3n) is 5.46. The van der Waals surface area contributed by atoms with Gasteiger partial charge in [0.2, 0.25) is 5.43 Å². The Balaban J connectivity index is 1.58. The summed E-state index contributed by atoms with van der Waals surface area (Å²) >= 11 is 0. The Morgan fingerprint density at radius 3 is 3.03 bits per heavy atom. The van der Waals surface area contributed by atoms with E-state index in [1.807, 2.05) is 0 Å². The van der Waals surface area contributed by atoms with Gasteiger partial charge in [0.05, 0.1) is 36.0 Å². The van der Waals surface area contributed by atoms with Crippen molar-refractivity contribution in [1.29, 1.82) is 0 Å². The van der Waals surface area contributed by atoms with E-state index in [1.54, 1.807) is 4.57 Å². The number of aromatic nitrogens is 1. The van der Waals surface area contributed by atoms with Crippen molar-refractivity contribution < 1.29 is 19.0 Å². The van der Waals surface area contributed by atoms with E-state index in [-0.39, 0.29) is 29.5 Å². The number of benzene rings is 1. The Labute approximate surface area is 182 Å². The fraction of sp³-hybridized carbons (Fsp3) is 0.333. The number of anilines is 1. The largest absolute Gasteiger partial charge is 0.487 e. The summed E-state index contributed by atoms with van der Waals surface area (Å²) in [5, 5.41) is 12.5. The standard InChI is InChI=1S/C21H23FN6O4/c1-24-7-12(23)8-25-11-27-3-2-13(9-27)26-17-16(22)6-14-18-20(17)32-5-4-28(18)10-15(19(14)29)21(30)31/h6-8,10,13,26H,1-5,9,11,23H2,(H,30,31)/b12-7+,25-8-. The van der Waals surface area contributed by atoms with Crippen molar-refractivity contribution in [1.82, 2.24) is 9.47 Å². The van der Waals surface area contributed by atoms with Gasteiger partial charge >= 0.3 is 5.97 Å². The van der Waals surface area contributed by atoms with E-state index in [0.29, 0.717) is 31.0 Å². The van der Waals surface area contributed by atoms with Crippen LogP contribution in [0, 0.1) is 5.82 Å². The quantitative estimate of drug-likeness (QED) is 0.549. The summed E-state index contributed by atoms with van der Waals surface area (Å²) in [6.45, 7) is 5.76. The third-order valence-corrected chi connectivity index (χ3v) is 5.46. The summed E-state index contributed by atoms with van der Waals surface area (Å²) in [7, 11) is 0. The summed E-state index contributed by atoms with van der Waals surface area (Å²) in [6.07, 6.45) is 4.97. The second kappa shape index (κ2) is 8.79. The van der Waals surface area contributed by atoms with Gasteiger partial charge in [0.25, 0.3) is 0 Å². The molecule has 1 saturated heterocycles. The van der Waals surface area contributed by atoms with Crippen molar-refractivity contribution in [2.24, 2.45) is 15.7 Å². The van der Waals surface area contributed by atoms with Gasteiger partial charge in [-0.2, -0.15) is 0 Å². The zero-order valence-corrected chi connectivity index (χ0v) is 17.3. The molecule has 0 bridgehead atoms. The van der Waals surface area contributed by atoms with Crippen LogP contribution in [0.3, 0.4) is 0 Å². The number of nitrogens with two attached hydrogens (primary N) is 1. The fourth-order valence-electron chi connectivity index (χ4n) is 4.03. The van der Waals surface area contributed by atoms with Crippen LogP contribution < -0.4 is 21.2 Å². The summed E-state index contributed by atoms with van der Waals surface area (Å²) in [6, 6.07) is 1.03. The Hall–Kier alpha value is -3.73. The predicted octanol–water partition coefficient (Wildman–Crippen LogP) is 1.25. The molecular formula is C21H23FN6O4. The van der Waals surface area contributed by atoms with Gasteiger partial charge in [0, 0.05) is 31.5 Å². The molecule has 1 aromatic carbocycles. The summed E-state index contributed by atoms with van der Waals surface area (Å²) in [5.41, 5.74) is 5.53. The zero-order valence-electron chi connectivity index (χ0n) is 17.3. The van der Waals surface area contributed by atoms with E-state index in [9.17, 15) is 14.7 Å². The van der Waals surface area contributed by atoms with Crippen molar-refractivity contribution in [2.75, 3.05) is 31.7 Å². The first-order valence-electron chi connectivity index (χ1n) is 10.0. The number of hydrogen-bond donors (Lipinski definition) is 3. The molecule has 4 N–H and O–H groups in total. The molecule has 1 atom stereocenters. The van der Waals surface area contributed by atoms with Gasteiger partial charge in [-0.15, -0.1) is 0 Å². The van der Waals surface area contributed by atoms with Crippen LogP contribution in [0.2, 0.25) is 0 Å². The maximum atomic E-state index is 15.0. The molecule has 168 valence electrons. The van der Waals surface area contributed by atoms with Gasteiger partial charge < -0.3 is 25.5 Å². The molecule has 11 heteroatoms. The van der Waals surface area contributed by atoms with Crippen LogP contribution in [0.4, 0.5) is 10.1 Å². The minimum Gasteiger partial charge on any atom is -0.487 e. The molecule has 1 aromatic heterocycles. The number of ether oxygens (including phenoxy) is 1. The summed E-state index contributed by atoms with van der Waals surface area (Å²) < 4.78 is 22.4. The molecule has 0 radical (unpaired) electrons. The topological polar surface area (TPSA) is 135 Å². The van der Waals surface area contributed by atoms with Gasteiger partial charge in [0.15, 0.2) is 11.6 Å². The average molecular weight is 442 g/mol. The summed E-state index contributed by atoms with van der Waals surface area (Å²) in [4.78, 5) is 33.9. The molecule has 1 fully saturated rings. The SMILES string of the molecule is C=N/C=C(N)\C=N/CN1CCC(Nc2c(F)cc3c(=O)c(C(=O)O)cn4c3c2OCC4)C1. The number of rotatable bonds is 7. The molecule has 0 spiro atoms. The van der Waals surface area contributed by atoms with Crippen molar-refractivity contribution in [3.8, 4) is 5.75 Å². The lowest BCUT2D eigenvalue weighted by atomic mass is 10.1. The molecule has 4 rings (SSSR count). The molecule has 10 nitrogen and oxygen atoms in total. The smallest absolute Gasteiger partial charge is 0.341 e. The maximum Gasteiger partial charge on any atom is 0.341 e. The molecular weight excluding hydrogens is 419 g/mol. The van der Waals surface area contributed by atoms with Crippen molar-refractivity contribution in [3.05, 3.63) is 45.8 Å². The van der Waals surface area contributed by atoms with Crippen LogP contribution in [0.15, 0.2) is 38.9 Å². The number of halogens is 1. The molecule has 0 saturated carbocycles. The molecule has 1 unspecified atom stereocenters. The molecule has 3 heterocycles. The highest BCUT2D eigenvalue weighted by Gasteiger charge is 2.28. The number of hydrogen-bond acceptors (Lipinski definition) is 8. The predicted molar refractivity (Wildman–Crippen MR) is 119 cm³/mol. The van der Waals surface area contributed by atoms with Crippen LogP contribution in [-0.2, 0) is 6.54 Å². The monoisotopic (exact) mass is 442 g/mol. The van der Waals surface area contributed by atoms with Gasteiger partial charge in [0.1, 0.15) is 17.9 Å². The lowest BCUT2D eigenvalue weighted by Crippen LogP contribution is -2.28. The van der Waals surface area contributed by atoms with Crippen molar-refractivity contribution in [3.63, 3.8) is 0 Å². The number of pyridine rings is 1. The highest BCUT2D eigenvalue weighted by Crippen LogP contribution is 2.38. The highest BCUT2D eigenvalue weighted by molar-refractivity contribution is 5.97. The van der Waals surface area contributed by atoms with Crippen molar-refractivity contribution >= 4 is 35.5 Å². The molecule has 2 aliphatic heterocycles. The van der Waals surface area contributed by atoms with Crippen LogP contribution >= 0.6 is 0 Å². The van der Waals surface area contributed by atoms with E-state index in [1.165, 1.54) is 18.6 Å². The molecule has 2 aromatic rings. The van der Waals surface area contributed by atoms with Crippen LogP contribution in [-0.4, -0.2) is 65.9 Å². The minimum atomic E-state index is -1.34. The van der Waals surface area contributed by atoms with Gasteiger partial charge in [-0.1, -0.05) is 0 Å². The number of carboxylic acid groups (broad SMARTS) is 1. The average Bonchev–Trinajstić information content (AvgIpc) is 3.20. The van der Waals surface area contributed by atoms with E-state index >= 15 is 4.39 Å². The lowest BCUT2D eigenvalue weighted by Gasteiger charge is -2.25. The lowest BCUT2D eigenvalue weighted by molar-refractivity contribution is 0.0694. The van der Waals surface area contributed by atoms with Gasteiger partial charge in [-0.3, -0.25) is 19.7 Å². The fourth-order valence-corrected chi connectivity index (χ4v) is 4.03. The normalized spacial score (nSPS) is 18.8. The Morgan fingerprint density at radius 2 is 2.28 bits per heavy atom. The van der Waals surface area contributed by atoms with E-state index in [4.69, 9.17) is 10.5 Å². The zero-order chi connectivity index (χ0) is 22.8. The molecule has 32 heavy (non-hydrogen) atoms. The van der Waals surface area contributed by atoms with E-state index < -0.39 is 22.8 Å². The first-order chi connectivity index (χ1) is 15.4. The number of carbonyl (C=O) groups is 1. The maximum absolute atomic E-state index is 15.0. The number of nitrogens with zero attached hydrogens (tertiary/aromatic N) is 4. The minimum absolute atomic E-state index is 0.00954. The number of likely N-dealkylation sites (tertiary alicyclic amines) is 1. The second-order valence-corrected chi connectivity index (χ2v) is 7.65. The highest BCUT2D eigenvalue weighted by atomic mass is 19.1. The van der Waals surface area contributed by atoms with Crippen LogP contribution in [0.5, 0.6) is 5.75 Å². The van der Waals surface area contributed by atoms with Crippen molar-refractivity contribution in [2.45, 2.75) is 19.0 Å². The second-order valence-electron chi connectivity index (χ2n) is 7.65. The Bertz CT molecular complexity index is 1210. The third kappa shape index (κ3) is 4.06. The Morgan fingerprint density at radius 1 is 1.47 bits per heavy atom. The van der Waals surface area contributed by atoms with Crippen LogP contribution in [0.25, 0.3) is 10.9 Å². The van der Waals surface area contributed by atoms with Gasteiger partial charge in [-0.25, -0.2) is 9.18 Å². The number of aromatic carboxylic acids is 1. The van der Waals surface area contributed by atoms with Gasteiger partial charge in [-0.05, 0) is 19.2 Å². The Kier molecular flexibility index (Phi) is 5.91. The molecule has 0 amide bonds. The first-order valence-corrected chi connectivity index (χ1v) is 10.0. The van der Waals surface area contributed by atoms with Crippen LogP contribution in [0.1, 0.15) is 16.8 Å². The van der Waals surface area contributed by atoms with E-state index in [2.05, 4.69) is 26.9 Å². The number of nitrogens with one attached hydrogen (secondary N) is 1. The number of carboxylic acids is 1. The summed E-state index contributed by atoms with van der Waals surface area (Å²) in [5.74, 6) is -1.78. The van der Waals surface area contributed by atoms with E-state index in [0.717, 1.165) is 19.0 Å². The molecule has 2 aliphatic rings. The molecule has 0 aliphatic carbocycles. The number of aliphatic imine (C=N–C) groups is 2. The number of allylic oxidation sites excluding steroid dienone is 1. The first kappa shape index (κ1) is 21.5.